The highest BCUT2D eigenvalue weighted by atomic mass is 32.2. The molecule has 1 aromatic carbocycles. The molecule has 1 aromatic rings. The first kappa shape index (κ1) is 15.7. The van der Waals surface area contributed by atoms with E-state index in [-0.39, 0.29) is 24.7 Å². The van der Waals surface area contributed by atoms with Crippen LogP contribution in [0, 0.1) is 12.3 Å². The molecule has 0 N–H and O–H groups in total. The lowest BCUT2D eigenvalue weighted by Gasteiger charge is -2.06. The Morgan fingerprint density at radius 1 is 1.00 bits per heavy atom. The first-order valence-corrected chi connectivity index (χ1v) is 7.11. The minimum Gasteiger partial charge on any atom is -0.377 e. The Labute approximate surface area is 113 Å². The van der Waals surface area contributed by atoms with E-state index in [4.69, 9.17) is 20.1 Å². The van der Waals surface area contributed by atoms with Crippen LogP contribution >= 0.6 is 0 Å². The van der Waals surface area contributed by atoms with Crippen molar-refractivity contribution in [3.05, 3.63) is 30.3 Å². The fourth-order valence-electron chi connectivity index (χ4n) is 1.21. The van der Waals surface area contributed by atoms with E-state index in [0.29, 0.717) is 13.2 Å². The van der Waals surface area contributed by atoms with Crippen LogP contribution in [0.5, 0.6) is 0 Å². The molecule has 104 valence electrons. The summed E-state index contributed by atoms with van der Waals surface area (Å²) < 4.78 is 38.3. The van der Waals surface area contributed by atoms with Crippen LogP contribution in [0.1, 0.15) is 0 Å². The maximum atomic E-state index is 11.7. The molecule has 0 aromatic heterocycles. The van der Waals surface area contributed by atoms with Gasteiger partial charge >= 0.3 is 0 Å². The van der Waals surface area contributed by atoms with Crippen molar-refractivity contribution in [3.63, 3.8) is 0 Å². The van der Waals surface area contributed by atoms with Gasteiger partial charge in [0.1, 0.15) is 6.61 Å². The number of ether oxygens (including phenoxy) is 2. The lowest BCUT2D eigenvalue weighted by Crippen LogP contribution is -2.13. The van der Waals surface area contributed by atoms with Gasteiger partial charge < -0.3 is 9.47 Å². The van der Waals surface area contributed by atoms with Gasteiger partial charge in [-0.05, 0) is 12.1 Å². The predicted molar refractivity (Wildman–Crippen MR) is 70.1 cm³/mol. The highest BCUT2D eigenvalue weighted by Gasteiger charge is 2.13. The van der Waals surface area contributed by atoms with Crippen molar-refractivity contribution in [1.82, 2.24) is 0 Å². The Morgan fingerprint density at radius 2 is 1.63 bits per heavy atom. The van der Waals surface area contributed by atoms with Crippen molar-refractivity contribution in [3.8, 4) is 12.3 Å². The summed E-state index contributed by atoms with van der Waals surface area (Å²) >= 11 is 0. The molecule has 0 bridgehead atoms. The largest absolute Gasteiger partial charge is 0.377 e. The number of hydrogen-bond acceptors (Lipinski definition) is 5. The Balaban J connectivity index is 2.18. The molecule has 6 heteroatoms. The van der Waals surface area contributed by atoms with Crippen molar-refractivity contribution >= 4 is 10.1 Å². The number of terminal acetylenes is 1. The third-order valence-corrected chi connectivity index (χ3v) is 3.38. The monoisotopic (exact) mass is 284 g/mol. The Kier molecular flexibility index (Phi) is 7.15. The van der Waals surface area contributed by atoms with E-state index < -0.39 is 10.1 Å². The number of rotatable bonds is 9. The standard InChI is InChI=1S/C13H16O5S/c1-2-8-16-9-10-17-11-12-18-19(14,15)13-6-4-3-5-7-13/h1,3-7H,8-12H2. The van der Waals surface area contributed by atoms with Crippen molar-refractivity contribution < 1.29 is 22.1 Å². The zero-order chi connectivity index (χ0) is 14.0. The summed E-state index contributed by atoms with van der Waals surface area (Å²) in [6.07, 6.45) is 4.99. The zero-order valence-electron chi connectivity index (χ0n) is 10.4. The maximum absolute atomic E-state index is 11.7. The quantitative estimate of drug-likeness (QED) is 0.385. The molecule has 0 aliphatic carbocycles. The van der Waals surface area contributed by atoms with Crippen LogP contribution in [0.2, 0.25) is 0 Å². The molecule has 0 heterocycles. The first-order valence-electron chi connectivity index (χ1n) is 5.70. The van der Waals surface area contributed by atoms with Crippen LogP contribution in [0.15, 0.2) is 35.2 Å². The van der Waals surface area contributed by atoms with Crippen molar-refractivity contribution in [2.75, 3.05) is 33.0 Å². The smallest absolute Gasteiger partial charge is 0.297 e. The number of hydrogen-bond donors (Lipinski definition) is 0. The lowest BCUT2D eigenvalue weighted by atomic mass is 10.4. The average Bonchev–Trinajstić information content (AvgIpc) is 2.43. The van der Waals surface area contributed by atoms with Crippen LogP contribution < -0.4 is 0 Å². The third-order valence-electron chi connectivity index (χ3n) is 2.06. The molecule has 0 aliphatic heterocycles. The van der Waals surface area contributed by atoms with Gasteiger partial charge in [-0.15, -0.1) is 6.42 Å². The predicted octanol–water partition coefficient (Wildman–Crippen LogP) is 1.06. The summed E-state index contributed by atoms with van der Waals surface area (Å²) in [5, 5.41) is 0. The molecular formula is C13H16O5S. The van der Waals surface area contributed by atoms with Crippen LogP contribution in [0.3, 0.4) is 0 Å². The molecule has 0 aliphatic rings. The zero-order valence-corrected chi connectivity index (χ0v) is 11.3. The van der Waals surface area contributed by atoms with Gasteiger partial charge in [-0.1, -0.05) is 24.1 Å². The van der Waals surface area contributed by atoms with Crippen LogP contribution in [-0.4, -0.2) is 41.5 Å². The summed E-state index contributed by atoms with van der Waals surface area (Å²) in [6, 6.07) is 7.96. The summed E-state index contributed by atoms with van der Waals surface area (Å²) in [6.45, 7) is 1.09. The molecule has 5 nitrogen and oxygen atoms in total. The molecule has 0 fully saturated rings. The molecule has 0 amide bonds. The SMILES string of the molecule is C#CCOCCOCCOS(=O)(=O)c1ccccc1. The Morgan fingerprint density at radius 3 is 2.32 bits per heavy atom. The van der Waals surface area contributed by atoms with E-state index in [0.717, 1.165) is 0 Å². The fourth-order valence-corrected chi connectivity index (χ4v) is 2.12. The molecule has 0 saturated carbocycles. The topological polar surface area (TPSA) is 61.8 Å². The van der Waals surface area contributed by atoms with Gasteiger partial charge in [0.05, 0.1) is 31.3 Å². The second kappa shape index (κ2) is 8.67. The van der Waals surface area contributed by atoms with Crippen LogP contribution in [-0.2, 0) is 23.8 Å². The van der Waals surface area contributed by atoms with Gasteiger partial charge in [0.25, 0.3) is 10.1 Å². The van der Waals surface area contributed by atoms with Crippen LogP contribution in [0.4, 0.5) is 0 Å². The van der Waals surface area contributed by atoms with E-state index in [1.165, 1.54) is 12.1 Å². The molecule has 0 unspecified atom stereocenters. The fraction of sp³-hybridized carbons (Fsp3) is 0.385. The Hall–Kier alpha value is -1.39. The van der Waals surface area contributed by atoms with E-state index in [9.17, 15) is 8.42 Å². The lowest BCUT2D eigenvalue weighted by molar-refractivity contribution is 0.0471. The highest BCUT2D eigenvalue weighted by Crippen LogP contribution is 2.10. The van der Waals surface area contributed by atoms with Crippen molar-refractivity contribution in [1.29, 1.82) is 0 Å². The summed E-state index contributed by atoms with van der Waals surface area (Å²) in [5.41, 5.74) is 0. The number of benzene rings is 1. The molecule has 1 rings (SSSR count). The second-order valence-corrected chi connectivity index (χ2v) is 5.07. The van der Waals surface area contributed by atoms with Crippen LogP contribution in [0.25, 0.3) is 0 Å². The van der Waals surface area contributed by atoms with Gasteiger partial charge in [-0.2, -0.15) is 8.42 Å². The molecule has 0 saturated heterocycles. The maximum Gasteiger partial charge on any atom is 0.297 e. The summed E-state index contributed by atoms with van der Waals surface area (Å²) in [7, 11) is -3.70. The molecule has 0 atom stereocenters. The van der Waals surface area contributed by atoms with E-state index >= 15 is 0 Å². The van der Waals surface area contributed by atoms with Crippen molar-refractivity contribution in [2.45, 2.75) is 4.90 Å². The normalized spacial score (nSPS) is 11.1. The van der Waals surface area contributed by atoms with Gasteiger partial charge in [-0.25, -0.2) is 0 Å². The van der Waals surface area contributed by atoms with E-state index in [1.54, 1.807) is 18.2 Å². The first-order chi connectivity index (χ1) is 9.17. The average molecular weight is 284 g/mol. The summed E-state index contributed by atoms with van der Waals surface area (Å²) in [5.74, 6) is 2.33. The second-order valence-electron chi connectivity index (χ2n) is 3.46. The molecule has 19 heavy (non-hydrogen) atoms. The van der Waals surface area contributed by atoms with Gasteiger partial charge in [0.2, 0.25) is 0 Å². The van der Waals surface area contributed by atoms with E-state index in [2.05, 4.69) is 5.92 Å². The molecular weight excluding hydrogens is 268 g/mol. The minimum absolute atomic E-state index is 0.0354. The molecule has 0 radical (unpaired) electrons. The molecule has 0 spiro atoms. The minimum atomic E-state index is -3.70. The third kappa shape index (κ3) is 6.36. The van der Waals surface area contributed by atoms with Gasteiger partial charge in [0.15, 0.2) is 0 Å². The van der Waals surface area contributed by atoms with E-state index in [1.807, 2.05) is 0 Å². The summed E-state index contributed by atoms with van der Waals surface area (Å²) in [4.78, 5) is 0.132. The Bertz CT molecular complexity index is 490. The highest BCUT2D eigenvalue weighted by molar-refractivity contribution is 7.86. The van der Waals surface area contributed by atoms with Gasteiger partial charge in [-0.3, -0.25) is 4.18 Å². The van der Waals surface area contributed by atoms with Crippen molar-refractivity contribution in [2.24, 2.45) is 0 Å². The van der Waals surface area contributed by atoms with Gasteiger partial charge in [0, 0.05) is 0 Å².